The van der Waals surface area contributed by atoms with Crippen LogP contribution in [0.1, 0.15) is 0 Å². The highest BCUT2D eigenvalue weighted by atomic mass is 32.1. The van der Waals surface area contributed by atoms with Gasteiger partial charge >= 0.3 is 0 Å². The standard InChI is InChI=1S/C43H23N3S/c1-2-11-25-24(10-1)26-15-9-16-30-34(22-20-27(25)38(26)30)45-40-32(21-23-37-39(40)31-14-5-8-19-36(31)47-37)42-41(45)28-12-3-4-13-29(28)43-44-33-17-6-7-18-35(33)46(42)43/h1-23H. The van der Waals surface area contributed by atoms with Crippen LogP contribution in [0.15, 0.2) is 140 Å². The first-order valence-electron chi connectivity index (χ1n) is 16.1. The minimum atomic E-state index is 1.000. The van der Waals surface area contributed by atoms with Gasteiger partial charge in [0.05, 0.1) is 33.3 Å². The third-order valence-electron chi connectivity index (χ3n) is 10.4. The van der Waals surface area contributed by atoms with Crippen LogP contribution in [-0.2, 0) is 0 Å². The number of nitrogens with zero attached hydrogens (tertiary/aromatic N) is 3. The van der Waals surface area contributed by atoms with Crippen LogP contribution in [0.4, 0.5) is 0 Å². The molecule has 3 nitrogen and oxygen atoms in total. The molecule has 4 heteroatoms. The highest BCUT2D eigenvalue weighted by Gasteiger charge is 2.27. The predicted octanol–water partition coefficient (Wildman–Crippen LogP) is 11.9. The fourth-order valence-corrected chi connectivity index (χ4v) is 9.70. The van der Waals surface area contributed by atoms with E-state index in [-0.39, 0.29) is 0 Å². The molecule has 4 heterocycles. The van der Waals surface area contributed by atoms with Crippen LogP contribution in [0.25, 0.3) is 108 Å². The predicted molar refractivity (Wildman–Crippen MR) is 199 cm³/mol. The summed E-state index contributed by atoms with van der Waals surface area (Å²) < 4.78 is 7.62. The molecule has 7 aromatic carbocycles. The number of rotatable bonds is 1. The zero-order valence-corrected chi connectivity index (χ0v) is 25.8. The molecule has 0 saturated carbocycles. The normalized spacial score (nSPS) is 12.7. The van der Waals surface area contributed by atoms with Gasteiger partial charge in [-0.15, -0.1) is 11.3 Å². The number of para-hydroxylation sites is 2. The number of hydrogen-bond acceptors (Lipinski definition) is 2. The van der Waals surface area contributed by atoms with Gasteiger partial charge in [-0.1, -0.05) is 103 Å². The first kappa shape index (κ1) is 24.3. The smallest absolute Gasteiger partial charge is 0.146 e. The van der Waals surface area contributed by atoms with Crippen LogP contribution >= 0.6 is 11.3 Å². The Balaban J connectivity index is 1.40. The maximum absolute atomic E-state index is 5.24. The third kappa shape index (κ3) is 2.87. The van der Waals surface area contributed by atoms with Gasteiger partial charge in [0.15, 0.2) is 0 Å². The zero-order valence-electron chi connectivity index (χ0n) is 25.0. The van der Waals surface area contributed by atoms with E-state index in [1.165, 1.54) is 86.2 Å². The van der Waals surface area contributed by atoms with Gasteiger partial charge in [0.25, 0.3) is 0 Å². The highest BCUT2D eigenvalue weighted by molar-refractivity contribution is 7.26. The molecule has 0 saturated heterocycles. The monoisotopic (exact) mass is 613 g/mol. The van der Waals surface area contributed by atoms with Gasteiger partial charge in [0.1, 0.15) is 5.65 Å². The van der Waals surface area contributed by atoms with Crippen molar-refractivity contribution >= 4 is 91.7 Å². The van der Waals surface area contributed by atoms with Crippen LogP contribution in [-0.4, -0.2) is 14.0 Å². The molecule has 4 aromatic heterocycles. The van der Waals surface area contributed by atoms with Crippen molar-refractivity contribution in [3.05, 3.63) is 140 Å². The fraction of sp³-hybridized carbons (Fsp3) is 0. The summed E-state index contributed by atoms with van der Waals surface area (Å²) in [5.41, 5.74) is 13.3. The number of fused-ring (bicyclic) bond motifs is 17. The largest absolute Gasteiger partial charge is 0.306 e. The molecule has 1 aliphatic carbocycles. The van der Waals surface area contributed by atoms with Gasteiger partial charge in [-0.2, -0.15) is 0 Å². The van der Waals surface area contributed by atoms with Crippen molar-refractivity contribution < 1.29 is 0 Å². The van der Waals surface area contributed by atoms with E-state index in [0.717, 1.165) is 22.1 Å². The zero-order chi connectivity index (χ0) is 30.4. The van der Waals surface area contributed by atoms with Crippen molar-refractivity contribution in [2.24, 2.45) is 0 Å². The van der Waals surface area contributed by atoms with Crippen molar-refractivity contribution in [3.8, 4) is 27.9 Å². The summed E-state index contributed by atoms with van der Waals surface area (Å²) in [4.78, 5) is 5.24. The first-order chi connectivity index (χ1) is 23.3. The molecule has 0 aliphatic heterocycles. The summed E-state index contributed by atoms with van der Waals surface area (Å²) in [6.07, 6.45) is 0. The molecular weight excluding hydrogens is 591 g/mol. The summed E-state index contributed by atoms with van der Waals surface area (Å²) >= 11 is 1.88. The van der Waals surface area contributed by atoms with E-state index in [4.69, 9.17) is 4.98 Å². The number of pyridine rings is 1. The Labute approximate surface area is 272 Å². The number of hydrogen-bond donors (Lipinski definition) is 0. The molecule has 0 bridgehead atoms. The topological polar surface area (TPSA) is 22.2 Å². The van der Waals surface area contributed by atoms with Crippen molar-refractivity contribution in [2.75, 3.05) is 0 Å². The maximum Gasteiger partial charge on any atom is 0.146 e. The molecule has 11 aromatic rings. The van der Waals surface area contributed by atoms with E-state index in [2.05, 4.69) is 148 Å². The number of benzene rings is 7. The van der Waals surface area contributed by atoms with Crippen molar-refractivity contribution in [2.45, 2.75) is 0 Å². The van der Waals surface area contributed by atoms with Gasteiger partial charge in [0.2, 0.25) is 0 Å². The summed E-state index contributed by atoms with van der Waals surface area (Å²) in [7, 11) is 0. The molecule has 216 valence electrons. The number of imidazole rings is 1. The molecule has 12 rings (SSSR count). The highest BCUT2D eigenvalue weighted by Crippen LogP contribution is 2.51. The fourth-order valence-electron chi connectivity index (χ4n) is 8.59. The van der Waals surface area contributed by atoms with E-state index in [1.54, 1.807) is 0 Å². The summed E-state index contributed by atoms with van der Waals surface area (Å²) in [6.45, 7) is 0. The van der Waals surface area contributed by atoms with Gasteiger partial charge < -0.3 is 4.57 Å². The Morgan fingerprint density at radius 3 is 2.02 bits per heavy atom. The van der Waals surface area contributed by atoms with Crippen LogP contribution in [0.2, 0.25) is 0 Å². The van der Waals surface area contributed by atoms with E-state index < -0.39 is 0 Å². The molecular formula is C43H23N3S. The van der Waals surface area contributed by atoms with Gasteiger partial charge in [-0.3, -0.25) is 4.40 Å². The molecule has 0 fully saturated rings. The minimum absolute atomic E-state index is 1.000. The third-order valence-corrected chi connectivity index (χ3v) is 11.6. The summed E-state index contributed by atoms with van der Waals surface area (Å²) in [6, 6.07) is 51.3. The lowest BCUT2D eigenvalue weighted by Gasteiger charge is -2.15. The van der Waals surface area contributed by atoms with E-state index in [1.807, 2.05) is 11.3 Å². The molecule has 0 unspecified atom stereocenters. The summed E-state index contributed by atoms with van der Waals surface area (Å²) in [5.74, 6) is 0. The molecule has 47 heavy (non-hydrogen) atoms. The Morgan fingerprint density at radius 2 is 1.13 bits per heavy atom. The molecule has 0 atom stereocenters. The Hall–Kier alpha value is -5.97. The Bertz CT molecular complexity index is 3160. The minimum Gasteiger partial charge on any atom is -0.306 e. The Morgan fingerprint density at radius 1 is 0.426 bits per heavy atom. The molecule has 1 aliphatic rings. The Kier molecular flexibility index (Phi) is 4.36. The molecule has 0 radical (unpaired) electrons. The SMILES string of the molecule is c1ccc2c(c1)-c1cccc3c(-n4c5c(ccc6sc7ccccc7c65)c5c4c4ccccc4c4nc6ccccc6n45)ccc-2c13. The van der Waals surface area contributed by atoms with Crippen molar-refractivity contribution in [1.82, 2.24) is 14.0 Å². The van der Waals surface area contributed by atoms with Crippen molar-refractivity contribution in [3.63, 3.8) is 0 Å². The van der Waals surface area contributed by atoms with E-state index >= 15 is 0 Å². The number of aromatic nitrogens is 3. The van der Waals surface area contributed by atoms with Crippen LogP contribution in [0.5, 0.6) is 0 Å². The number of thiophene rings is 1. The van der Waals surface area contributed by atoms with Crippen molar-refractivity contribution in [1.29, 1.82) is 0 Å². The average Bonchev–Trinajstić information content (AvgIpc) is 3.87. The lowest BCUT2D eigenvalue weighted by atomic mass is 10.0. The second-order valence-corrected chi connectivity index (χ2v) is 13.8. The lowest BCUT2D eigenvalue weighted by molar-refractivity contribution is 1.20. The van der Waals surface area contributed by atoms with E-state index in [0.29, 0.717) is 0 Å². The second kappa shape index (κ2) is 8.43. The van der Waals surface area contributed by atoms with Crippen LogP contribution < -0.4 is 0 Å². The first-order valence-corrected chi connectivity index (χ1v) is 16.9. The van der Waals surface area contributed by atoms with Gasteiger partial charge in [-0.25, -0.2) is 4.98 Å². The van der Waals surface area contributed by atoms with Crippen LogP contribution in [0, 0.1) is 0 Å². The maximum atomic E-state index is 5.24. The average molecular weight is 614 g/mol. The second-order valence-electron chi connectivity index (χ2n) is 12.7. The quantitative estimate of drug-likeness (QED) is 0.181. The molecule has 0 N–H and O–H groups in total. The molecule has 0 spiro atoms. The van der Waals surface area contributed by atoms with Gasteiger partial charge in [0, 0.05) is 41.7 Å². The summed E-state index contributed by atoms with van der Waals surface area (Å²) in [5, 5.41) is 8.82. The molecule has 0 amide bonds. The van der Waals surface area contributed by atoms with Gasteiger partial charge in [-0.05, 0) is 64.0 Å². The van der Waals surface area contributed by atoms with E-state index in [9.17, 15) is 0 Å². The lowest BCUT2D eigenvalue weighted by Crippen LogP contribution is -1.98. The van der Waals surface area contributed by atoms with Crippen LogP contribution in [0.3, 0.4) is 0 Å².